The van der Waals surface area contributed by atoms with E-state index in [4.69, 9.17) is 0 Å². The molecule has 1 aliphatic rings. The smallest absolute Gasteiger partial charge is 0.214 e. The third-order valence-corrected chi connectivity index (χ3v) is 7.43. The van der Waals surface area contributed by atoms with Crippen molar-refractivity contribution in [2.45, 2.75) is 43.9 Å². The minimum absolute atomic E-state index is 0.0195. The zero-order valence-corrected chi connectivity index (χ0v) is 13.7. The summed E-state index contributed by atoms with van der Waals surface area (Å²) in [7, 11) is -6.41. The van der Waals surface area contributed by atoms with E-state index in [0.717, 1.165) is 18.2 Å². The van der Waals surface area contributed by atoms with Crippen LogP contribution in [0.2, 0.25) is 0 Å². The van der Waals surface area contributed by atoms with E-state index in [-0.39, 0.29) is 30.4 Å². The Morgan fingerprint density at radius 2 is 1.89 bits per heavy atom. The minimum Gasteiger partial charge on any atom is -0.229 e. The van der Waals surface area contributed by atoms with Gasteiger partial charge in [-0.15, -0.1) is 0 Å². The summed E-state index contributed by atoms with van der Waals surface area (Å²) in [4.78, 5) is 0. The van der Waals surface area contributed by atoms with Crippen molar-refractivity contribution >= 4 is 35.8 Å². The SMILES string of the molecule is CC(CCCBr)NS(=O)(=O)C1CCS(=O)(=O)CC1. The van der Waals surface area contributed by atoms with Gasteiger partial charge in [-0.25, -0.2) is 21.6 Å². The molecule has 108 valence electrons. The molecule has 1 saturated heterocycles. The van der Waals surface area contributed by atoms with Gasteiger partial charge in [0.15, 0.2) is 0 Å². The predicted octanol–water partition coefficient (Wildman–Crippen LogP) is 1.05. The zero-order chi connectivity index (χ0) is 13.8. The lowest BCUT2D eigenvalue weighted by atomic mass is 10.2. The molecule has 0 spiro atoms. The Labute approximate surface area is 118 Å². The molecule has 0 saturated carbocycles. The molecule has 0 aliphatic carbocycles. The molecule has 0 bridgehead atoms. The van der Waals surface area contributed by atoms with Crippen LogP contribution in [0.15, 0.2) is 0 Å². The van der Waals surface area contributed by atoms with Gasteiger partial charge in [0.25, 0.3) is 0 Å². The summed E-state index contributed by atoms with van der Waals surface area (Å²) in [6.07, 6.45) is 2.10. The van der Waals surface area contributed by atoms with Crippen LogP contribution in [0.1, 0.15) is 32.6 Å². The standard InChI is InChI=1S/C10H20BrNO4S2/c1-9(3-2-6-11)12-18(15,16)10-4-7-17(13,14)8-5-10/h9-10,12H,2-8H2,1H3. The van der Waals surface area contributed by atoms with Gasteiger partial charge in [-0.2, -0.15) is 0 Å². The second kappa shape index (κ2) is 6.67. The second-order valence-electron chi connectivity index (χ2n) is 4.75. The molecule has 1 atom stereocenters. The normalized spacial score (nSPS) is 22.8. The van der Waals surface area contributed by atoms with Gasteiger partial charge in [0.1, 0.15) is 9.84 Å². The summed E-state index contributed by atoms with van der Waals surface area (Å²) in [5.41, 5.74) is 0. The maximum Gasteiger partial charge on any atom is 0.214 e. The quantitative estimate of drug-likeness (QED) is 0.716. The molecule has 0 aromatic heterocycles. The number of hydrogen-bond donors (Lipinski definition) is 1. The molecular formula is C10H20BrNO4S2. The molecule has 1 rings (SSSR count). The van der Waals surface area contributed by atoms with Crippen LogP contribution in [0, 0.1) is 0 Å². The van der Waals surface area contributed by atoms with Crippen LogP contribution < -0.4 is 4.72 Å². The highest BCUT2D eigenvalue weighted by Crippen LogP contribution is 2.19. The van der Waals surface area contributed by atoms with Gasteiger partial charge in [0.05, 0.1) is 16.8 Å². The number of sulfone groups is 1. The number of sulfonamides is 1. The molecular weight excluding hydrogens is 342 g/mol. The Morgan fingerprint density at radius 1 is 1.33 bits per heavy atom. The van der Waals surface area contributed by atoms with Gasteiger partial charge in [-0.3, -0.25) is 0 Å². The van der Waals surface area contributed by atoms with Crippen molar-refractivity contribution in [3.05, 3.63) is 0 Å². The Kier molecular flexibility index (Phi) is 6.08. The highest BCUT2D eigenvalue weighted by molar-refractivity contribution is 9.09. The fourth-order valence-electron chi connectivity index (χ4n) is 2.00. The lowest BCUT2D eigenvalue weighted by Gasteiger charge is -2.24. The molecule has 0 radical (unpaired) electrons. The Bertz CT molecular complexity index is 446. The Hall–Kier alpha value is 0.340. The highest BCUT2D eigenvalue weighted by atomic mass is 79.9. The van der Waals surface area contributed by atoms with E-state index < -0.39 is 25.1 Å². The first-order valence-electron chi connectivity index (χ1n) is 6.04. The van der Waals surface area contributed by atoms with Crippen molar-refractivity contribution in [2.24, 2.45) is 0 Å². The van der Waals surface area contributed by atoms with Gasteiger partial charge >= 0.3 is 0 Å². The van der Waals surface area contributed by atoms with E-state index in [1.165, 1.54) is 0 Å². The van der Waals surface area contributed by atoms with Crippen LogP contribution in [0.5, 0.6) is 0 Å². The highest BCUT2D eigenvalue weighted by Gasteiger charge is 2.33. The van der Waals surface area contributed by atoms with Crippen LogP contribution in [0.4, 0.5) is 0 Å². The van der Waals surface area contributed by atoms with Crippen LogP contribution in [-0.4, -0.2) is 45.0 Å². The zero-order valence-electron chi connectivity index (χ0n) is 10.4. The van der Waals surface area contributed by atoms with Gasteiger partial charge in [0, 0.05) is 11.4 Å². The summed E-state index contributed by atoms with van der Waals surface area (Å²) >= 11 is 3.30. The predicted molar refractivity (Wildman–Crippen MR) is 76.2 cm³/mol. The molecule has 1 heterocycles. The number of hydrogen-bond acceptors (Lipinski definition) is 4. The topological polar surface area (TPSA) is 80.3 Å². The molecule has 18 heavy (non-hydrogen) atoms. The van der Waals surface area contributed by atoms with Gasteiger partial charge < -0.3 is 0 Å². The number of halogens is 1. The van der Waals surface area contributed by atoms with E-state index in [1.54, 1.807) is 0 Å². The van der Waals surface area contributed by atoms with E-state index in [1.807, 2.05) is 6.92 Å². The van der Waals surface area contributed by atoms with Crippen molar-refractivity contribution in [3.63, 3.8) is 0 Å². The second-order valence-corrected chi connectivity index (χ2v) is 9.84. The van der Waals surface area contributed by atoms with Crippen LogP contribution in [0.3, 0.4) is 0 Å². The fraction of sp³-hybridized carbons (Fsp3) is 1.00. The van der Waals surface area contributed by atoms with Crippen molar-refractivity contribution in [1.29, 1.82) is 0 Å². The van der Waals surface area contributed by atoms with Crippen molar-refractivity contribution in [1.82, 2.24) is 4.72 Å². The lowest BCUT2D eigenvalue weighted by Crippen LogP contribution is -2.43. The fourth-order valence-corrected chi connectivity index (χ4v) is 5.84. The van der Waals surface area contributed by atoms with Crippen molar-refractivity contribution in [3.8, 4) is 0 Å². The van der Waals surface area contributed by atoms with E-state index in [0.29, 0.717) is 0 Å². The summed E-state index contributed by atoms with van der Waals surface area (Å²) in [6, 6.07) is -0.105. The molecule has 1 N–H and O–H groups in total. The average molecular weight is 362 g/mol. The third kappa shape index (κ3) is 5.14. The largest absolute Gasteiger partial charge is 0.229 e. The molecule has 8 heteroatoms. The summed E-state index contributed by atoms with van der Waals surface area (Å²) in [6.45, 7) is 1.83. The first-order valence-corrected chi connectivity index (χ1v) is 10.5. The molecule has 1 unspecified atom stereocenters. The first kappa shape index (κ1) is 16.4. The summed E-state index contributed by atoms with van der Waals surface area (Å²) in [5, 5.41) is 0.285. The molecule has 1 aliphatic heterocycles. The van der Waals surface area contributed by atoms with E-state index in [9.17, 15) is 16.8 Å². The maximum absolute atomic E-state index is 12.1. The van der Waals surface area contributed by atoms with Gasteiger partial charge in [-0.05, 0) is 32.6 Å². The number of alkyl halides is 1. The summed E-state index contributed by atoms with van der Waals surface area (Å²) < 4.78 is 49.3. The van der Waals surface area contributed by atoms with Gasteiger partial charge in [-0.1, -0.05) is 15.9 Å². The third-order valence-electron chi connectivity index (χ3n) is 3.08. The maximum atomic E-state index is 12.1. The molecule has 5 nitrogen and oxygen atoms in total. The van der Waals surface area contributed by atoms with Crippen molar-refractivity contribution < 1.29 is 16.8 Å². The van der Waals surface area contributed by atoms with Crippen LogP contribution in [0.25, 0.3) is 0 Å². The van der Waals surface area contributed by atoms with E-state index in [2.05, 4.69) is 20.7 Å². The molecule has 0 aromatic carbocycles. The average Bonchev–Trinajstić information content (AvgIpc) is 2.25. The molecule has 0 amide bonds. The van der Waals surface area contributed by atoms with Crippen LogP contribution in [-0.2, 0) is 19.9 Å². The van der Waals surface area contributed by atoms with Crippen LogP contribution >= 0.6 is 15.9 Å². The molecule has 0 aromatic rings. The first-order chi connectivity index (χ1) is 8.27. The lowest BCUT2D eigenvalue weighted by molar-refractivity contribution is 0.520. The van der Waals surface area contributed by atoms with E-state index >= 15 is 0 Å². The van der Waals surface area contributed by atoms with Gasteiger partial charge in [0.2, 0.25) is 10.0 Å². The Morgan fingerprint density at radius 3 is 2.39 bits per heavy atom. The minimum atomic E-state index is -3.39. The number of rotatable bonds is 6. The van der Waals surface area contributed by atoms with Crippen molar-refractivity contribution in [2.75, 3.05) is 16.8 Å². The number of nitrogens with one attached hydrogen (secondary N) is 1. The Balaban J connectivity index is 2.54. The molecule has 1 fully saturated rings. The monoisotopic (exact) mass is 361 g/mol. The summed E-state index contributed by atoms with van der Waals surface area (Å²) in [5.74, 6) is -0.0390.